The monoisotopic (exact) mass is 245 g/mol. The van der Waals surface area contributed by atoms with Crippen molar-refractivity contribution >= 4 is 0 Å². The van der Waals surface area contributed by atoms with Gasteiger partial charge in [0.2, 0.25) is 11.7 Å². The Morgan fingerprint density at radius 2 is 1.94 bits per heavy atom. The Morgan fingerprint density at radius 1 is 1.22 bits per heavy atom. The van der Waals surface area contributed by atoms with Gasteiger partial charge in [0.1, 0.15) is 0 Å². The zero-order chi connectivity index (χ0) is 13.0. The fraction of sp³-hybridized carbons (Fsp3) is 0.429. The third-order valence-corrected chi connectivity index (χ3v) is 2.94. The van der Waals surface area contributed by atoms with Gasteiger partial charge in [-0.2, -0.15) is 4.98 Å². The van der Waals surface area contributed by atoms with Crippen molar-refractivity contribution in [2.24, 2.45) is 0 Å². The predicted octanol–water partition coefficient (Wildman–Crippen LogP) is 2.97. The van der Waals surface area contributed by atoms with Crippen LogP contribution in [0.15, 0.2) is 28.8 Å². The molecule has 2 aromatic rings. The molecular formula is C14H19N3O. The second-order valence-corrected chi connectivity index (χ2v) is 4.29. The van der Waals surface area contributed by atoms with Crippen molar-refractivity contribution in [3.05, 3.63) is 35.7 Å². The molecule has 96 valence electrons. The number of aromatic nitrogens is 2. The summed E-state index contributed by atoms with van der Waals surface area (Å²) >= 11 is 0. The molecule has 1 aromatic carbocycles. The molecule has 0 saturated carbocycles. The van der Waals surface area contributed by atoms with E-state index in [9.17, 15) is 0 Å². The maximum Gasteiger partial charge on any atom is 0.243 e. The quantitative estimate of drug-likeness (QED) is 0.879. The van der Waals surface area contributed by atoms with E-state index >= 15 is 0 Å². The smallest absolute Gasteiger partial charge is 0.243 e. The summed E-state index contributed by atoms with van der Waals surface area (Å²) in [7, 11) is 0. The van der Waals surface area contributed by atoms with Gasteiger partial charge in [-0.05, 0) is 25.5 Å². The number of aryl methyl sites for hydroxylation is 1. The van der Waals surface area contributed by atoms with E-state index in [4.69, 9.17) is 4.52 Å². The number of hydrogen-bond acceptors (Lipinski definition) is 4. The minimum atomic E-state index is 0.0890. The summed E-state index contributed by atoms with van der Waals surface area (Å²) in [6, 6.07) is 8.35. The Labute approximate surface area is 107 Å². The van der Waals surface area contributed by atoms with Crippen LogP contribution in [0.25, 0.3) is 11.4 Å². The molecule has 1 N–H and O–H groups in total. The molecule has 0 bridgehead atoms. The van der Waals surface area contributed by atoms with Crippen LogP contribution < -0.4 is 5.32 Å². The summed E-state index contributed by atoms with van der Waals surface area (Å²) in [4.78, 5) is 4.41. The normalized spacial score (nSPS) is 12.6. The minimum Gasteiger partial charge on any atom is -0.337 e. The lowest BCUT2D eigenvalue weighted by molar-refractivity contribution is 0.342. The van der Waals surface area contributed by atoms with E-state index in [-0.39, 0.29) is 6.04 Å². The predicted molar refractivity (Wildman–Crippen MR) is 71.2 cm³/mol. The van der Waals surface area contributed by atoms with Gasteiger partial charge in [-0.15, -0.1) is 0 Å². The molecule has 0 radical (unpaired) electrons. The van der Waals surface area contributed by atoms with Crippen molar-refractivity contribution < 1.29 is 4.52 Å². The van der Waals surface area contributed by atoms with Crippen LogP contribution in [-0.4, -0.2) is 16.7 Å². The molecule has 4 nitrogen and oxygen atoms in total. The zero-order valence-electron chi connectivity index (χ0n) is 11.1. The molecule has 0 amide bonds. The first-order valence-corrected chi connectivity index (χ1v) is 6.40. The number of hydrogen-bond donors (Lipinski definition) is 1. The Hall–Kier alpha value is -1.68. The van der Waals surface area contributed by atoms with E-state index in [0.717, 1.165) is 18.5 Å². The average Bonchev–Trinajstić information content (AvgIpc) is 2.89. The molecule has 0 fully saturated rings. The number of nitrogens with zero attached hydrogens (tertiary/aromatic N) is 2. The van der Waals surface area contributed by atoms with Crippen LogP contribution >= 0.6 is 0 Å². The number of rotatable bonds is 5. The summed E-state index contributed by atoms with van der Waals surface area (Å²) in [5.74, 6) is 1.28. The van der Waals surface area contributed by atoms with Crippen molar-refractivity contribution in [2.45, 2.75) is 33.2 Å². The lowest BCUT2D eigenvalue weighted by Gasteiger charge is -2.05. The van der Waals surface area contributed by atoms with E-state index in [1.165, 1.54) is 5.56 Å². The SMILES string of the molecule is CCNC(C)c1nc(-c2ccc(CC)cc2)no1. The van der Waals surface area contributed by atoms with Gasteiger partial charge >= 0.3 is 0 Å². The Morgan fingerprint density at radius 3 is 2.56 bits per heavy atom. The lowest BCUT2D eigenvalue weighted by Crippen LogP contribution is -2.17. The Bertz CT molecular complexity index is 490. The average molecular weight is 245 g/mol. The molecule has 0 aliphatic carbocycles. The molecule has 0 spiro atoms. The van der Waals surface area contributed by atoms with Gasteiger partial charge in [0.15, 0.2) is 0 Å². The molecule has 18 heavy (non-hydrogen) atoms. The molecule has 0 aliphatic heterocycles. The van der Waals surface area contributed by atoms with E-state index in [2.05, 4.69) is 41.4 Å². The second kappa shape index (κ2) is 5.78. The van der Waals surface area contributed by atoms with E-state index in [1.54, 1.807) is 0 Å². The van der Waals surface area contributed by atoms with Crippen LogP contribution in [0.5, 0.6) is 0 Å². The first kappa shape index (κ1) is 12.8. The maximum atomic E-state index is 5.27. The summed E-state index contributed by atoms with van der Waals surface area (Å²) in [6.07, 6.45) is 1.04. The summed E-state index contributed by atoms with van der Waals surface area (Å²) < 4.78 is 5.27. The fourth-order valence-electron chi connectivity index (χ4n) is 1.81. The van der Waals surface area contributed by atoms with Crippen LogP contribution in [-0.2, 0) is 6.42 Å². The van der Waals surface area contributed by atoms with Crippen molar-refractivity contribution in [2.75, 3.05) is 6.54 Å². The number of benzene rings is 1. The first-order valence-electron chi connectivity index (χ1n) is 6.40. The largest absolute Gasteiger partial charge is 0.337 e. The second-order valence-electron chi connectivity index (χ2n) is 4.29. The standard InChI is InChI=1S/C14H19N3O/c1-4-11-6-8-12(9-7-11)13-16-14(18-17-13)10(3)15-5-2/h6-10,15H,4-5H2,1-3H3. The molecule has 0 aliphatic rings. The zero-order valence-corrected chi connectivity index (χ0v) is 11.1. The van der Waals surface area contributed by atoms with Crippen LogP contribution in [0.1, 0.15) is 38.3 Å². The molecule has 1 unspecified atom stereocenters. The third kappa shape index (κ3) is 2.76. The van der Waals surface area contributed by atoms with Crippen LogP contribution in [0, 0.1) is 0 Å². The van der Waals surface area contributed by atoms with Crippen molar-refractivity contribution in [1.82, 2.24) is 15.5 Å². The summed E-state index contributed by atoms with van der Waals surface area (Å²) in [5, 5.41) is 7.27. The molecule has 2 rings (SSSR count). The van der Waals surface area contributed by atoms with Crippen LogP contribution in [0.3, 0.4) is 0 Å². The van der Waals surface area contributed by atoms with Crippen molar-refractivity contribution in [3.63, 3.8) is 0 Å². The van der Waals surface area contributed by atoms with Crippen LogP contribution in [0.2, 0.25) is 0 Å². The fourth-order valence-corrected chi connectivity index (χ4v) is 1.81. The third-order valence-electron chi connectivity index (χ3n) is 2.94. The van der Waals surface area contributed by atoms with Gasteiger partial charge < -0.3 is 9.84 Å². The Kier molecular flexibility index (Phi) is 4.10. The van der Waals surface area contributed by atoms with Crippen molar-refractivity contribution in [1.29, 1.82) is 0 Å². The molecule has 0 saturated heterocycles. The molecule has 4 heteroatoms. The summed E-state index contributed by atoms with van der Waals surface area (Å²) in [6.45, 7) is 7.09. The van der Waals surface area contributed by atoms with Gasteiger partial charge in [-0.1, -0.05) is 43.3 Å². The topological polar surface area (TPSA) is 51.0 Å². The highest BCUT2D eigenvalue weighted by Crippen LogP contribution is 2.19. The highest BCUT2D eigenvalue weighted by Gasteiger charge is 2.13. The Balaban J connectivity index is 2.18. The molecule has 1 atom stereocenters. The van der Waals surface area contributed by atoms with Gasteiger partial charge in [-0.3, -0.25) is 0 Å². The summed E-state index contributed by atoms with van der Waals surface area (Å²) in [5.41, 5.74) is 2.30. The van der Waals surface area contributed by atoms with E-state index in [0.29, 0.717) is 11.7 Å². The van der Waals surface area contributed by atoms with E-state index < -0.39 is 0 Å². The van der Waals surface area contributed by atoms with Crippen LogP contribution in [0.4, 0.5) is 0 Å². The maximum absolute atomic E-state index is 5.27. The first-order chi connectivity index (χ1) is 8.74. The van der Waals surface area contributed by atoms with Gasteiger partial charge in [-0.25, -0.2) is 0 Å². The molecule has 1 heterocycles. The molecule has 1 aromatic heterocycles. The highest BCUT2D eigenvalue weighted by atomic mass is 16.5. The lowest BCUT2D eigenvalue weighted by atomic mass is 10.1. The van der Waals surface area contributed by atoms with Gasteiger partial charge in [0, 0.05) is 5.56 Å². The van der Waals surface area contributed by atoms with Gasteiger partial charge in [0.25, 0.3) is 0 Å². The van der Waals surface area contributed by atoms with Crippen molar-refractivity contribution in [3.8, 4) is 11.4 Å². The van der Waals surface area contributed by atoms with Gasteiger partial charge in [0.05, 0.1) is 6.04 Å². The van der Waals surface area contributed by atoms with E-state index in [1.807, 2.05) is 19.1 Å². The minimum absolute atomic E-state index is 0.0890. The number of nitrogens with one attached hydrogen (secondary N) is 1. The highest BCUT2D eigenvalue weighted by molar-refractivity contribution is 5.54. The molecular weight excluding hydrogens is 226 g/mol.